The van der Waals surface area contributed by atoms with E-state index in [1.807, 2.05) is 0 Å². The smallest absolute Gasteiger partial charge is 0.305 e. The average molecular weight is 256 g/mol. The zero-order valence-electron chi connectivity index (χ0n) is 8.46. The molecule has 90 valence electrons. The van der Waals surface area contributed by atoms with E-state index in [0.29, 0.717) is 11.1 Å². The SMILES string of the molecule is Cc1cc(Cl)c(CNCC(F)(F)F)cc1F. The van der Waals surface area contributed by atoms with Crippen molar-refractivity contribution in [3.8, 4) is 0 Å². The van der Waals surface area contributed by atoms with Crippen LogP contribution in [0.1, 0.15) is 11.1 Å². The number of alkyl halides is 3. The highest BCUT2D eigenvalue weighted by atomic mass is 35.5. The van der Waals surface area contributed by atoms with Crippen molar-refractivity contribution in [3.05, 3.63) is 34.1 Å². The molecule has 16 heavy (non-hydrogen) atoms. The predicted molar refractivity (Wildman–Crippen MR) is 53.9 cm³/mol. The third-order valence-corrected chi connectivity index (χ3v) is 2.32. The summed E-state index contributed by atoms with van der Waals surface area (Å²) >= 11 is 5.76. The van der Waals surface area contributed by atoms with E-state index in [9.17, 15) is 17.6 Å². The molecule has 0 unspecified atom stereocenters. The molecule has 0 spiro atoms. The van der Waals surface area contributed by atoms with Gasteiger partial charge in [-0.15, -0.1) is 0 Å². The van der Waals surface area contributed by atoms with Gasteiger partial charge in [0.15, 0.2) is 0 Å². The van der Waals surface area contributed by atoms with Gasteiger partial charge in [-0.3, -0.25) is 0 Å². The van der Waals surface area contributed by atoms with Crippen LogP contribution in [-0.2, 0) is 6.54 Å². The van der Waals surface area contributed by atoms with Gasteiger partial charge in [-0.2, -0.15) is 13.2 Å². The quantitative estimate of drug-likeness (QED) is 0.816. The largest absolute Gasteiger partial charge is 0.401 e. The Kier molecular flexibility index (Phi) is 4.15. The van der Waals surface area contributed by atoms with Gasteiger partial charge in [-0.1, -0.05) is 11.6 Å². The third kappa shape index (κ3) is 3.98. The minimum Gasteiger partial charge on any atom is -0.305 e. The van der Waals surface area contributed by atoms with E-state index in [1.165, 1.54) is 13.0 Å². The molecule has 1 rings (SSSR count). The third-order valence-electron chi connectivity index (χ3n) is 1.97. The summed E-state index contributed by atoms with van der Waals surface area (Å²) < 4.78 is 48.6. The summed E-state index contributed by atoms with van der Waals surface area (Å²) in [4.78, 5) is 0. The second kappa shape index (κ2) is 5.01. The lowest BCUT2D eigenvalue weighted by Gasteiger charge is -2.10. The zero-order valence-corrected chi connectivity index (χ0v) is 9.21. The van der Waals surface area contributed by atoms with E-state index in [0.717, 1.165) is 6.07 Å². The fourth-order valence-corrected chi connectivity index (χ4v) is 1.45. The van der Waals surface area contributed by atoms with E-state index in [4.69, 9.17) is 11.6 Å². The topological polar surface area (TPSA) is 12.0 Å². The summed E-state index contributed by atoms with van der Waals surface area (Å²) in [6, 6.07) is 2.53. The molecule has 1 nitrogen and oxygen atoms in total. The average Bonchev–Trinajstić information content (AvgIpc) is 2.11. The van der Waals surface area contributed by atoms with E-state index in [2.05, 4.69) is 5.32 Å². The van der Waals surface area contributed by atoms with Gasteiger partial charge >= 0.3 is 6.18 Å². The lowest BCUT2D eigenvalue weighted by atomic mass is 10.1. The molecule has 0 heterocycles. The van der Waals surface area contributed by atoms with Gasteiger partial charge in [0.25, 0.3) is 0 Å². The van der Waals surface area contributed by atoms with Gasteiger partial charge in [0.2, 0.25) is 0 Å². The van der Waals surface area contributed by atoms with E-state index in [1.54, 1.807) is 0 Å². The second-order valence-electron chi connectivity index (χ2n) is 3.41. The van der Waals surface area contributed by atoms with Gasteiger partial charge in [-0.05, 0) is 30.2 Å². The number of rotatable bonds is 3. The van der Waals surface area contributed by atoms with Gasteiger partial charge in [0.1, 0.15) is 5.82 Å². The van der Waals surface area contributed by atoms with E-state index in [-0.39, 0.29) is 11.6 Å². The summed E-state index contributed by atoms with van der Waals surface area (Å²) in [5, 5.41) is 2.41. The summed E-state index contributed by atoms with van der Waals surface area (Å²) in [6.45, 7) is 0.294. The van der Waals surface area contributed by atoms with Crippen LogP contribution in [0.2, 0.25) is 5.02 Å². The Morgan fingerprint density at radius 1 is 1.31 bits per heavy atom. The first-order valence-electron chi connectivity index (χ1n) is 4.51. The summed E-state index contributed by atoms with van der Waals surface area (Å²) in [5.41, 5.74) is 0.679. The van der Waals surface area contributed by atoms with Crippen LogP contribution in [-0.4, -0.2) is 12.7 Å². The van der Waals surface area contributed by atoms with Crippen LogP contribution in [0, 0.1) is 12.7 Å². The number of nitrogens with one attached hydrogen (secondary N) is 1. The Balaban J connectivity index is 2.64. The van der Waals surface area contributed by atoms with Crippen molar-refractivity contribution < 1.29 is 17.6 Å². The van der Waals surface area contributed by atoms with Gasteiger partial charge in [-0.25, -0.2) is 4.39 Å². The predicted octanol–water partition coefficient (Wildman–Crippen LogP) is 3.44. The fraction of sp³-hybridized carbons (Fsp3) is 0.400. The Morgan fingerprint density at radius 2 is 1.94 bits per heavy atom. The summed E-state index contributed by atoms with van der Waals surface area (Å²) in [5.74, 6) is -0.479. The van der Waals surface area contributed by atoms with Crippen LogP contribution < -0.4 is 5.32 Å². The zero-order chi connectivity index (χ0) is 12.3. The number of hydrogen-bond acceptors (Lipinski definition) is 1. The molecule has 6 heteroatoms. The van der Waals surface area contributed by atoms with Crippen molar-refractivity contribution in [1.82, 2.24) is 5.32 Å². The van der Waals surface area contributed by atoms with Gasteiger partial charge in [0.05, 0.1) is 6.54 Å². The Bertz CT molecular complexity index is 376. The number of halogens is 5. The molecule has 1 aromatic rings. The summed E-state index contributed by atoms with van der Waals surface area (Å²) in [6.07, 6.45) is -4.28. The lowest BCUT2D eigenvalue weighted by Crippen LogP contribution is -2.28. The number of benzene rings is 1. The minimum atomic E-state index is -4.28. The van der Waals surface area contributed by atoms with Crippen LogP contribution >= 0.6 is 11.6 Å². The molecule has 0 aliphatic carbocycles. The van der Waals surface area contributed by atoms with Crippen molar-refractivity contribution in [2.24, 2.45) is 0 Å². The first kappa shape index (κ1) is 13.3. The molecular weight excluding hydrogens is 246 g/mol. The monoisotopic (exact) mass is 255 g/mol. The van der Waals surface area contributed by atoms with Crippen molar-refractivity contribution in [3.63, 3.8) is 0 Å². The van der Waals surface area contributed by atoms with Crippen molar-refractivity contribution in [2.45, 2.75) is 19.6 Å². The molecule has 0 fully saturated rings. The molecule has 0 aromatic heterocycles. The molecule has 0 atom stereocenters. The highest BCUT2D eigenvalue weighted by Gasteiger charge is 2.26. The molecular formula is C10H10ClF4N. The van der Waals surface area contributed by atoms with Crippen LogP contribution in [0.3, 0.4) is 0 Å². The molecule has 0 saturated carbocycles. The second-order valence-corrected chi connectivity index (χ2v) is 3.82. The highest BCUT2D eigenvalue weighted by molar-refractivity contribution is 6.31. The van der Waals surface area contributed by atoms with Crippen LogP contribution in [0.25, 0.3) is 0 Å². The van der Waals surface area contributed by atoms with Crippen LogP contribution in [0.5, 0.6) is 0 Å². The molecule has 1 aromatic carbocycles. The van der Waals surface area contributed by atoms with Gasteiger partial charge < -0.3 is 5.32 Å². The lowest BCUT2D eigenvalue weighted by molar-refractivity contribution is -0.125. The van der Waals surface area contributed by atoms with Crippen LogP contribution in [0.15, 0.2) is 12.1 Å². The number of aryl methyl sites for hydroxylation is 1. The normalized spacial score (nSPS) is 11.9. The maximum absolute atomic E-state index is 13.1. The maximum Gasteiger partial charge on any atom is 0.401 e. The minimum absolute atomic E-state index is 0.116. The maximum atomic E-state index is 13.1. The molecule has 0 radical (unpaired) electrons. The Morgan fingerprint density at radius 3 is 2.50 bits per heavy atom. The highest BCUT2D eigenvalue weighted by Crippen LogP contribution is 2.20. The first-order chi connectivity index (χ1) is 7.29. The summed E-state index contributed by atoms with van der Waals surface area (Å²) in [7, 11) is 0. The molecule has 0 aliphatic heterocycles. The Labute approximate surface area is 95.4 Å². The molecule has 0 aliphatic rings. The van der Waals surface area contributed by atoms with Crippen LogP contribution in [0.4, 0.5) is 17.6 Å². The van der Waals surface area contributed by atoms with Crippen molar-refractivity contribution >= 4 is 11.6 Å². The fourth-order valence-electron chi connectivity index (χ4n) is 1.16. The standard InChI is InChI=1S/C10H10ClF4N/c1-6-2-8(11)7(3-9(6)12)4-16-5-10(13,14)15/h2-3,16H,4-5H2,1H3. The number of hydrogen-bond donors (Lipinski definition) is 1. The molecule has 0 bridgehead atoms. The Hall–Kier alpha value is -0.810. The molecule has 0 saturated heterocycles. The van der Waals surface area contributed by atoms with Gasteiger partial charge in [0, 0.05) is 11.6 Å². The molecule has 0 amide bonds. The van der Waals surface area contributed by atoms with Crippen molar-refractivity contribution in [1.29, 1.82) is 0 Å². The molecule has 1 N–H and O–H groups in total. The van der Waals surface area contributed by atoms with E-state index < -0.39 is 18.5 Å². The van der Waals surface area contributed by atoms with E-state index >= 15 is 0 Å². The van der Waals surface area contributed by atoms with Crippen molar-refractivity contribution in [2.75, 3.05) is 6.54 Å². The first-order valence-corrected chi connectivity index (χ1v) is 4.89.